The normalized spacial score (nSPS) is 18.0. The highest BCUT2D eigenvalue weighted by Crippen LogP contribution is 2.20. The minimum absolute atomic E-state index is 0.0701. The number of hydrogen-bond donors (Lipinski definition) is 7. The number of nitrogens with one attached hydrogen (secondary N) is 2. The summed E-state index contributed by atoms with van der Waals surface area (Å²) in [5, 5.41) is 22.3. The molecule has 33 heavy (non-hydrogen) atoms. The molecule has 4 atom stereocenters. The Labute approximate surface area is 188 Å². The molecule has 0 aromatic rings. The number of primary amides is 2. The third kappa shape index (κ3) is 8.72. The van der Waals surface area contributed by atoms with Crippen LogP contribution in [0.4, 0.5) is 0 Å². The van der Waals surface area contributed by atoms with Crippen LogP contribution in [0, 0.1) is 0 Å². The molecule has 0 spiro atoms. The van der Waals surface area contributed by atoms with Gasteiger partial charge in [0, 0.05) is 13.0 Å². The third-order valence-corrected chi connectivity index (χ3v) is 4.88. The van der Waals surface area contributed by atoms with Crippen molar-refractivity contribution in [2.45, 2.75) is 62.7 Å². The highest BCUT2D eigenvalue weighted by molar-refractivity contribution is 5.97. The summed E-state index contributed by atoms with van der Waals surface area (Å²) in [6.45, 7) is 0.0701. The van der Waals surface area contributed by atoms with Gasteiger partial charge in [0.1, 0.15) is 18.1 Å². The average Bonchev–Trinajstić information content (AvgIpc) is 3.19. The van der Waals surface area contributed by atoms with E-state index in [0.29, 0.717) is 6.42 Å². The zero-order valence-corrected chi connectivity index (χ0v) is 17.7. The topological polar surface area (TPSA) is 265 Å². The van der Waals surface area contributed by atoms with E-state index in [9.17, 15) is 33.6 Å². The summed E-state index contributed by atoms with van der Waals surface area (Å²) in [7, 11) is 0. The Kier molecular flexibility index (Phi) is 10.2. The number of nitrogens with two attached hydrogens (primary N) is 3. The maximum absolute atomic E-state index is 13.0. The molecule has 1 aliphatic heterocycles. The van der Waals surface area contributed by atoms with Crippen LogP contribution in [-0.2, 0) is 33.6 Å². The molecule has 1 fully saturated rings. The fourth-order valence-corrected chi connectivity index (χ4v) is 3.26. The van der Waals surface area contributed by atoms with Gasteiger partial charge in [-0.3, -0.25) is 28.8 Å². The van der Waals surface area contributed by atoms with Gasteiger partial charge in [-0.15, -0.1) is 0 Å². The van der Waals surface area contributed by atoms with Gasteiger partial charge in [-0.1, -0.05) is 0 Å². The van der Waals surface area contributed by atoms with Crippen molar-refractivity contribution < 1.29 is 43.8 Å². The summed E-state index contributed by atoms with van der Waals surface area (Å²) in [4.78, 5) is 83.3. The van der Waals surface area contributed by atoms with Crippen molar-refractivity contribution in [2.24, 2.45) is 17.2 Å². The molecule has 4 unspecified atom stereocenters. The lowest BCUT2D eigenvalue weighted by molar-refractivity contribution is -0.146. The van der Waals surface area contributed by atoms with Crippen molar-refractivity contribution in [3.63, 3.8) is 0 Å². The first-order valence-electron chi connectivity index (χ1n) is 10.0. The van der Waals surface area contributed by atoms with Crippen LogP contribution in [0.2, 0.25) is 0 Å². The van der Waals surface area contributed by atoms with Crippen LogP contribution in [0.25, 0.3) is 0 Å². The smallest absolute Gasteiger partial charge is 0.326 e. The first-order chi connectivity index (χ1) is 15.3. The first-order valence-corrected chi connectivity index (χ1v) is 10.0. The standard InChI is InChI=1S/C18H28N6O9/c19-8(3-4-14(27)28)15(29)22-9(6-12(20)25)17(31)24-5-1-2-11(24)16(30)23-10(18(32)33)7-13(21)26/h8-11H,1-7,19H2,(H2,20,25)(H2,21,26)(H,22,29)(H,23,30)(H,27,28)(H,32,33). The van der Waals surface area contributed by atoms with Crippen molar-refractivity contribution in [1.82, 2.24) is 15.5 Å². The van der Waals surface area contributed by atoms with Crippen molar-refractivity contribution in [2.75, 3.05) is 6.54 Å². The molecule has 0 aromatic carbocycles. The van der Waals surface area contributed by atoms with Crippen LogP contribution in [0.1, 0.15) is 38.5 Å². The number of carboxylic acids is 2. The van der Waals surface area contributed by atoms with Crippen LogP contribution in [0.15, 0.2) is 0 Å². The molecule has 0 saturated carbocycles. The van der Waals surface area contributed by atoms with Gasteiger partial charge in [-0.05, 0) is 19.3 Å². The van der Waals surface area contributed by atoms with E-state index in [1.165, 1.54) is 0 Å². The number of amides is 5. The van der Waals surface area contributed by atoms with Crippen LogP contribution in [0.3, 0.4) is 0 Å². The molecule has 1 heterocycles. The van der Waals surface area contributed by atoms with E-state index in [1.54, 1.807) is 0 Å². The minimum Gasteiger partial charge on any atom is -0.481 e. The van der Waals surface area contributed by atoms with E-state index in [1.807, 2.05) is 0 Å². The lowest BCUT2D eigenvalue weighted by Crippen LogP contribution is -2.57. The van der Waals surface area contributed by atoms with E-state index in [0.717, 1.165) is 4.90 Å². The summed E-state index contributed by atoms with van der Waals surface area (Å²) in [5.41, 5.74) is 15.8. The number of likely N-dealkylation sites (tertiary alicyclic amines) is 1. The third-order valence-electron chi connectivity index (χ3n) is 4.88. The minimum atomic E-state index is -1.60. The maximum atomic E-state index is 13.0. The van der Waals surface area contributed by atoms with Gasteiger partial charge < -0.3 is 42.9 Å². The molecule has 0 bridgehead atoms. The fourth-order valence-electron chi connectivity index (χ4n) is 3.26. The van der Waals surface area contributed by atoms with Crippen molar-refractivity contribution in [3.8, 4) is 0 Å². The fraction of sp³-hybridized carbons (Fsp3) is 0.611. The molecule has 15 nitrogen and oxygen atoms in total. The number of aliphatic carboxylic acids is 2. The second-order valence-electron chi connectivity index (χ2n) is 7.53. The molecule has 10 N–H and O–H groups in total. The van der Waals surface area contributed by atoms with Gasteiger partial charge in [0.2, 0.25) is 29.5 Å². The summed E-state index contributed by atoms with van der Waals surface area (Å²) < 4.78 is 0. The van der Waals surface area contributed by atoms with E-state index in [4.69, 9.17) is 27.4 Å². The second-order valence-corrected chi connectivity index (χ2v) is 7.53. The van der Waals surface area contributed by atoms with Crippen LogP contribution in [-0.4, -0.2) is 87.3 Å². The van der Waals surface area contributed by atoms with Gasteiger partial charge >= 0.3 is 11.9 Å². The van der Waals surface area contributed by atoms with Crippen LogP contribution < -0.4 is 27.8 Å². The van der Waals surface area contributed by atoms with Gasteiger partial charge in [0.25, 0.3) is 0 Å². The summed E-state index contributed by atoms with van der Waals surface area (Å²) in [6, 6.07) is -5.46. The number of hydrogen-bond acceptors (Lipinski definition) is 8. The quantitative estimate of drug-likeness (QED) is 0.136. The zero-order chi connectivity index (χ0) is 25.3. The first kappa shape index (κ1) is 27.3. The predicted molar refractivity (Wildman–Crippen MR) is 109 cm³/mol. The monoisotopic (exact) mass is 472 g/mol. The molecule has 1 aliphatic rings. The number of carboxylic acid groups (broad SMARTS) is 2. The molecule has 0 radical (unpaired) electrons. The predicted octanol–water partition coefficient (Wildman–Crippen LogP) is -4.03. The van der Waals surface area contributed by atoms with E-state index in [2.05, 4.69) is 10.6 Å². The van der Waals surface area contributed by atoms with Crippen LogP contribution in [0.5, 0.6) is 0 Å². The molecule has 1 rings (SSSR count). The number of carbonyl (C=O) groups is 7. The maximum Gasteiger partial charge on any atom is 0.326 e. The Hall–Kier alpha value is -3.75. The Balaban J connectivity index is 2.95. The Bertz CT molecular complexity index is 817. The molecule has 15 heteroatoms. The zero-order valence-electron chi connectivity index (χ0n) is 17.7. The SMILES string of the molecule is NC(=O)CC(NC(=O)C1CCCN1C(=O)C(CC(N)=O)NC(=O)C(N)CCC(=O)O)C(=O)O. The molecule has 184 valence electrons. The lowest BCUT2D eigenvalue weighted by Gasteiger charge is -2.29. The van der Waals surface area contributed by atoms with Crippen molar-refractivity contribution in [1.29, 1.82) is 0 Å². The molecule has 5 amide bonds. The lowest BCUT2D eigenvalue weighted by atomic mass is 10.1. The largest absolute Gasteiger partial charge is 0.481 e. The van der Waals surface area contributed by atoms with Crippen molar-refractivity contribution >= 4 is 41.5 Å². The molecule has 0 aromatic heterocycles. The number of carbonyl (C=O) groups excluding carboxylic acids is 5. The molecule has 0 aliphatic carbocycles. The molecular formula is C18H28N6O9. The summed E-state index contributed by atoms with van der Waals surface area (Å²) in [5.74, 6) is -7.12. The Morgan fingerprint density at radius 2 is 1.52 bits per heavy atom. The van der Waals surface area contributed by atoms with Gasteiger partial charge in [-0.2, -0.15) is 0 Å². The van der Waals surface area contributed by atoms with E-state index >= 15 is 0 Å². The Morgan fingerprint density at radius 3 is 2.03 bits per heavy atom. The summed E-state index contributed by atoms with van der Waals surface area (Å²) in [6.07, 6.45) is -1.35. The highest BCUT2D eigenvalue weighted by atomic mass is 16.4. The summed E-state index contributed by atoms with van der Waals surface area (Å²) >= 11 is 0. The van der Waals surface area contributed by atoms with Crippen LogP contribution >= 0.6 is 0 Å². The van der Waals surface area contributed by atoms with Gasteiger partial charge in [0.15, 0.2) is 0 Å². The average molecular weight is 472 g/mol. The van der Waals surface area contributed by atoms with E-state index < -0.39 is 84.9 Å². The second kappa shape index (κ2) is 12.3. The van der Waals surface area contributed by atoms with E-state index in [-0.39, 0.29) is 19.4 Å². The number of nitrogens with zero attached hydrogens (tertiary/aromatic N) is 1. The molecular weight excluding hydrogens is 444 g/mol. The van der Waals surface area contributed by atoms with Gasteiger partial charge in [-0.25, -0.2) is 4.79 Å². The Morgan fingerprint density at radius 1 is 0.939 bits per heavy atom. The molecule has 1 saturated heterocycles. The van der Waals surface area contributed by atoms with Crippen molar-refractivity contribution in [3.05, 3.63) is 0 Å². The number of rotatable bonds is 13. The van der Waals surface area contributed by atoms with Gasteiger partial charge in [0.05, 0.1) is 18.9 Å². The highest BCUT2D eigenvalue weighted by Gasteiger charge is 2.39.